The van der Waals surface area contributed by atoms with Gasteiger partial charge in [0.25, 0.3) is 0 Å². The first kappa shape index (κ1) is 16.5. The van der Waals surface area contributed by atoms with Crippen LogP contribution in [0, 0.1) is 0 Å². The van der Waals surface area contributed by atoms with Gasteiger partial charge >= 0.3 is 12.2 Å². The molecule has 0 radical (unpaired) electrons. The van der Waals surface area contributed by atoms with Crippen LogP contribution in [0.1, 0.15) is 38.5 Å². The quantitative estimate of drug-likeness (QED) is 0.518. The number of hydrogen-bond donors (Lipinski definition) is 5. The zero-order chi connectivity index (χ0) is 14.8. The number of carboxylic acid groups (broad SMARTS) is 2. The Labute approximate surface area is 118 Å². The summed E-state index contributed by atoms with van der Waals surface area (Å²) in [6.07, 6.45) is 3.80. The molecule has 1 unspecified atom stereocenters. The lowest BCUT2D eigenvalue weighted by atomic mass is 10.1. The van der Waals surface area contributed by atoms with Crippen molar-refractivity contribution in [2.75, 3.05) is 19.6 Å². The van der Waals surface area contributed by atoms with Crippen molar-refractivity contribution in [3.05, 3.63) is 0 Å². The lowest BCUT2D eigenvalue weighted by molar-refractivity contribution is 0.0611. The second kappa shape index (κ2) is 9.38. The molecule has 1 atom stereocenters. The highest BCUT2D eigenvalue weighted by Gasteiger charge is 2.24. The van der Waals surface area contributed by atoms with Crippen LogP contribution in [0.25, 0.3) is 0 Å². The van der Waals surface area contributed by atoms with Crippen LogP contribution in [0.4, 0.5) is 9.59 Å². The second-order valence-corrected chi connectivity index (χ2v) is 4.88. The smallest absolute Gasteiger partial charge is 0.419 e. The standard InChI is InChI=1S/C7H13N3O4.C5H11N/c11-6(12)8-5-3-1-2-4-10(5)9-7(13)14;1-2-4-6-5-3-1/h5,8-9H,1-4H2,(H,11,12)(H,13,14);6H,1-5H2. The third kappa shape index (κ3) is 7.15. The first-order valence-electron chi connectivity index (χ1n) is 7.06. The molecule has 2 saturated heterocycles. The van der Waals surface area contributed by atoms with E-state index in [-0.39, 0.29) is 0 Å². The highest BCUT2D eigenvalue weighted by molar-refractivity contribution is 5.65. The molecule has 0 aromatic carbocycles. The Bertz CT molecular complexity index is 274. The number of carbonyl (C=O) groups is 2. The number of nitrogens with one attached hydrogen (secondary N) is 3. The van der Waals surface area contributed by atoms with E-state index < -0.39 is 18.4 Å². The van der Waals surface area contributed by atoms with Crippen LogP contribution in [0.5, 0.6) is 0 Å². The summed E-state index contributed by atoms with van der Waals surface area (Å²) in [5, 5.41) is 23.9. The van der Waals surface area contributed by atoms with Gasteiger partial charge in [0.2, 0.25) is 0 Å². The van der Waals surface area contributed by atoms with E-state index in [1.807, 2.05) is 0 Å². The molecule has 8 nitrogen and oxygen atoms in total. The van der Waals surface area contributed by atoms with Gasteiger partial charge in [-0.2, -0.15) is 5.01 Å². The number of rotatable bonds is 2. The normalized spacial score (nSPS) is 23.1. The Morgan fingerprint density at radius 1 is 1.00 bits per heavy atom. The van der Waals surface area contributed by atoms with Crippen LogP contribution in [-0.2, 0) is 0 Å². The molecule has 5 N–H and O–H groups in total. The molecule has 2 rings (SSSR count). The Hall–Kier alpha value is -1.54. The average molecular weight is 288 g/mol. The molecule has 2 aliphatic rings. The molecule has 2 fully saturated rings. The van der Waals surface area contributed by atoms with Gasteiger partial charge in [0, 0.05) is 6.54 Å². The Balaban J connectivity index is 0.000000276. The van der Waals surface area contributed by atoms with Gasteiger partial charge in [0.15, 0.2) is 0 Å². The summed E-state index contributed by atoms with van der Waals surface area (Å²) in [7, 11) is 0. The largest absolute Gasteiger partial charge is 0.465 e. The minimum atomic E-state index is -1.18. The summed E-state index contributed by atoms with van der Waals surface area (Å²) in [5.41, 5.74) is 2.16. The van der Waals surface area contributed by atoms with Gasteiger partial charge in [0.1, 0.15) is 6.17 Å². The molecular weight excluding hydrogens is 264 g/mol. The molecule has 0 aromatic rings. The number of piperidine rings is 2. The fourth-order valence-electron chi connectivity index (χ4n) is 2.28. The SMILES string of the molecule is C1CCNCC1.O=C(O)NC1CCCCN1NC(=O)O. The van der Waals surface area contributed by atoms with Crippen LogP contribution in [0.15, 0.2) is 0 Å². The molecule has 0 aromatic heterocycles. The van der Waals surface area contributed by atoms with E-state index >= 15 is 0 Å². The van der Waals surface area contributed by atoms with Gasteiger partial charge in [-0.1, -0.05) is 6.42 Å². The number of amides is 2. The van der Waals surface area contributed by atoms with E-state index in [4.69, 9.17) is 10.2 Å². The number of nitrogens with zero attached hydrogens (tertiary/aromatic N) is 1. The van der Waals surface area contributed by atoms with E-state index in [9.17, 15) is 9.59 Å². The molecule has 2 aliphatic heterocycles. The maximum Gasteiger partial charge on any atom is 0.419 e. The molecule has 2 amide bonds. The van der Waals surface area contributed by atoms with Gasteiger partial charge in [0.05, 0.1) is 0 Å². The Morgan fingerprint density at radius 3 is 2.15 bits per heavy atom. The fraction of sp³-hybridized carbons (Fsp3) is 0.833. The van der Waals surface area contributed by atoms with Gasteiger partial charge in [-0.15, -0.1) is 0 Å². The Morgan fingerprint density at radius 2 is 1.70 bits per heavy atom. The lowest BCUT2D eigenvalue weighted by Crippen LogP contribution is -2.57. The molecule has 2 heterocycles. The van der Waals surface area contributed by atoms with Crippen molar-refractivity contribution in [1.82, 2.24) is 21.1 Å². The highest BCUT2D eigenvalue weighted by atomic mass is 16.4. The zero-order valence-electron chi connectivity index (χ0n) is 11.6. The molecule has 8 heteroatoms. The van der Waals surface area contributed by atoms with Crippen LogP contribution in [0.2, 0.25) is 0 Å². The topological polar surface area (TPSA) is 114 Å². The molecular formula is C12H24N4O4. The summed E-state index contributed by atoms with van der Waals surface area (Å²) < 4.78 is 0. The van der Waals surface area contributed by atoms with Crippen LogP contribution < -0.4 is 16.1 Å². The van der Waals surface area contributed by atoms with Crippen molar-refractivity contribution in [3.63, 3.8) is 0 Å². The van der Waals surface area contributed by atoms with Crippen molar-refractivity contribution in [2.24, 2.45) is 0 Å². The summed E-state index contributed by atoms with van der Waals surface area (Å²) in [6.45, 7) is 3.03. The minimum Gasteiger partial charge on any atom is -0.465 e. The molecule has 0 aliphatic carbocycles. The van der Waals surface area contributed by atoms with Crippen LogP contribution in [-0.4, -0.2) is 53.2 Å². The third-order valence-corrected chi connectivity index (χ3v) is 3.24. The van der Waals surface area contributed by atoms with E-state index in [0.717, 1.165) is 12.8 Å². The first-order chi connectivity index (χ1) is 9.59. The monoisotopic (exact) mass is 288 g/mol. The van der Waals surface area contributed by atoms with Crippen molar-refractivity contribution < 1.29 is 19.8 Å². The highest BCUT2D eigenvalue weighted by Crippen LogP contribution is 2.12. The third-order valence-electron chi connectivity index (χ3n) is 3.24. The van der Waals surface area contributed by atoms with Gasteiger partial charge in [-0.3, -0.25) is 5.43 Å². The van der Waals surface area contributed by atoms with Crippen molar-refractivity contribution >= 4 is 12.2 Å². The van der Waals surface area contributed by atoms with Gasteiger partial charge in [-0.05, 0) is 45.2 Å². The number of hydrazine groups is 1. The second-order valence-electron chi connectivity index (χ2n) is 4.88. The summed E-state index contributed by atoms with van der Waals surface area (Å²) in [5.74, 6) is 0. The maximum atomic E-state index is 10.4. The summed E-state index contributed by atoms with van der Waals surface area (Å²) >= 11 is 0. The summed E-state index contributed by atoms with van der Waals surface area (Å²) in [6, 6.07) is 0. The van der Waals surface area contributed by atoms with E-state index in [0.29, 0.717) is 13.0 Å². The molecule has 0 saturated carbocycles. The van der Waals surface area contributed by atoms with Crippen LogP contribution in [0.3, 0.4) is 0 Å². The Kier molecular flexibility index (Phi) is 7.74. The van der Waals surface area contributed by atoms with Gasteiger partial charge < -0.3 is 20.8 Å². The van der Waals surface area contributed by atoms with Crippen molar-refractivity contribution in [3.8, 4) is 0 Å². The first-order valence-corrected chi connectivity index (χ1v) is 7.06. The predicted molar refractivity (Wildman–Crippen MR) is 73.4 cm³/mol. The average Bonchev–Trinajstić information content (AvgIpc) is 2.43. The van der Waals surface area contributed by atoms with Crippen molar-refractivity contribution in [2.45, 2.75) is 44.7 Å². The van der Waals surface area contributed by atoms with Crippen molar-refractivity contribution in [1.29, 1.82) is 0 Å². The van der Waals surface area contributed by atoms with E-state index in [1.54, 1.807) is 0 Å². The minimum absolute atomic E-state index is 0.461. The predicted octanol–water partition coefficient (Wildman–Crippen LogP) is 1.01. The molecule has 0 spiro atoms. The molecule has 20 heavy (non-hydrogen) atoms. The van der Waals surface area contributed by atoms with E-state index in [1.165, 1.54) is 37.4 Å². The molecule has 0 bridgehead atoms. The van der Waals surface area contributed by atoms with E-state index in [2.05, 4.69) is 16.1 Å². The van der Waals surface area contributed by atoms with Gasteiger partial charge in [-0.25, -0.2) is 9.59 Å². The zero-order valence-corrected chi connectivity index (χ0v) is 11.6. The maximum absolute atomic E-state index is 10.4. The summed E-state index contributed by atoms with van der Waals surface area (Å²) in [4.78, 5) is 20.8. The number of hydrogen-bond acceptors (Lipinski definition) is 4. The van der Waals surface area contributed by atoms with Crippen LogP contribution >= 0.6 is 0 Å². The lowest BCUT2D eigenvalue weighted by Gasteiger charge is -2.34. The molecule has 116 valence electrons. The fourth-order valence-corrected chi connectivity index (χ4v) is 2.28.